The standard InChI is InChI=1S/C15H30N2O/c1-11(2)13(4)17-15(18)10-16-14-9-7-5-6-8-12(14)3/h11-14,16H,5-10H2,1-4H3,(H,17,18). The number of amides is 1. The van der Waals surface area contributed by atoms with Crippen LogP contribution in [0.25, 0.3) is 0 Å². The van der Waals surface area contributed by atoms with E-state index in [0.29, 0.717) is 24.4 Å². The monoisotopic (exact) mass is 254 g/mol. The summed E-state index contributed by atoms with van der Waals surface area (Å²) in [5, 5.41) is 6.49. The maximum atomic E-state index is 11.8. The van der Waals surface area contributed by atoms with Crippen LogP contribution >= 0.6 is 0 Å². The minimum Gasteiger partial charge on any atom is -0.352 e. The molecule has 1 rings (SSSR count). The molecule has 0 bridgehead atoms. The van der Waals surface area contributed by atoms with Crippen LogP contribution in [0.4, 0.5) is 0 Å². The largest absolute Gasteiger partial charge is 0.352 e. The number of carbonyl (C=O) groups excluding carboxylic acids is 1. The van der Waals surface area contributed by atoms with Gasteiger partial charge in [0.2, 0.25) is 5.91 Å². The van der Waals surface area contributed by atoms with Crippen LogP contribution in [-0.2, 0) is 4.79 Å². The number of hydrogen-bond donors (Lipinski definition) is 2. The van der Waals surface area contributed by atoms with E-state index in [4.69, 9.17) is 0 Å². The highest BCUT2D eigenvalue weighted by Gasteiger charge is 2.20. The molecule has 0 aliphatic heterocycles. The molecule has 3 atom stereocenters. The zero-order valence-electron chi connectivity index (χ0n) is 12.5. The van der Waals surface area contributed by atoms with Crippen molar-refractivity contribution in [3.63, 3.8) is 0 Å². The SMILES string of the molecule is CC(C)C(C)NC(=O)CNC1CCCCCC1C. The van der Waals surface area contributed by atoms with Crippen LogP contribution in [0.3, 0.4) is 0 Å². The third-order valence-corrected chi connectivity index (χ3v) is 4.27. The van der Waals surface area contributed by atoms with E-state index in [9.17, 15) is 4.79 Å². The first kappa shape index (κ1) is 15.5. The summed E-state index contributed by atoms with van der Waals surface area (Å²) >= 11 is 0. The van der Waals surface area contributed by atoms with E-state index in [1.165, 1.54) is 32.1 Å². The minimum atomic E-state index is 0.132. The van der Waals surface area contributed by atoms with Gasteiger partial charge in [-0.2, -0.15) is 0 Å². The number of carbonyl (C=O) groups is 1. The number of rotatable bonds is 5. The minimum absolute atomic E-state index is 0.132. The number of nitrogens with one attached hydrogen (secondary N) is 2. The molecular formula is C15H30N2O. The normalized spacial score (nSPS) is 26.7. The van der Waals surface area contributed by atoms with Gasteiger partial charge >= 0.3 is 0 Å². The molecule has 0 aromatic rings. The first-order valence-electron chi connectivity index (χ1n) is 7.53. The van der Waals surface area contributed by atoms with Crippen LogP contribution in [0.5, 0.6) is 0 Å². The lowest BCUT2D eigenvalue weighted by Crippen LogP contribution is -2.45. The Morgan fingerprint density at radius 2 is 1.83 bits per heavy atom. The Balaban J connectivity index is 2.28. The van der Waals surface area contributed by atoms with Gasteiger partial charge in [-0.3, -0.25) is 4.79 Å². The van der Waals surface area contributed by atoms with E-state index in [1.54, 1.807) is 0 Å². The van der Waals surface area contributed by atoms with E-state index in [-0.39, 0.29) is 11.9 Å². The summed E-state index contributed by atoms with van der Waals surface area (Å²) < 4.78 is 0. The van der Waals surface area contributed by atoms with Crippen molar-refractivity contribution in [1.82, 2.24) is 10.6 Å². The van der Waals surface area contributed by atoms with Gasteiger partial charge < -0.3 is 10.6 Å². The molecule has 106 valence electrons. The van der Waals surface area contributed by atoms with E-state index in [2.05, 4.69) is 38.3 Å². The fourth-order valence-electron chi connectivity index (χ4n) is 2.49. The second-order valence-corrected chi connectivity index (χ2v) is 6.20. The predicted octanol–water partition coefficient (Wildman–Crippen LogP) is 2.71. The highest BCUT2D eigenvalue weighted by molar-refractivity contribution is 5.78. The third kappa shape index (κ3) is 5.38. The quantitative estimate of drug-likeness (QED) is 0.741. The van der Waals surface area contributed by atoms with Gasteiger partial charge in [0, 0.05) is 12.1 Å². The van der Waals surface area contributed by atoms with Crippen molar-refractivity contribution in [1.29, 1.82) is 0 Å². The molecule has 3 nitrogen and oxygen atoms in total. The number of hydrogen-bond acceptors (Lipinski definition) is 2. The van der Waals surface area contributed by atoms with Gasteiger partial charge in [0.25, 0.3) is 0 Å². The summed E-state index contributed by atoms with van der Waals surface area (Å²) in [4.78, 5) is 11.8. The maximum absolute atomic E-state index is 11.8. The molecule has 0 saturated heterocycles. The average Bonchev–Trinajstić information content (AvgIpc) is 2.51. The van der Waals surface area contributed by atoms with Crippen LogP contribution in [0.1, 0.15) is 59.8 Å². The van der Waals surface area contributed by atoms with Crippen molar-refractivity contribution >= 4 is 5.91 Å². The predicted molar refractivity (Wildman–Crippen MR) is 76.5 cm³/mol. The molecule has 0 aromatic carbocycles. The molecule has 2 N–H and O–H groups in total. The Bertz CT molecular complexity index is 253. The average molecular weight is 254 g/mol. The third-order valence-electron chi connectivity index (χ3n) is 4.27. The molecule has 1 aliphatic rings. The summed E-state index contributed by atoms with van der Waals surface area (Å²) in [6.07, 6.45) is 6.50. The van der Waals surface area contributed by atoms with Crippen LogP contribution in [0.2, 0.25) is 0 Å². The Hall–Kier alpha value is -0.570. The summed E-state index contributed by atoms with van der Waals surface area (Å²) in [5.41, 5.74) is 0. The lowest BCUT2D eigenvalue weighted by Gasteiger charge is -2.23. The summed E-state index contributed by atoms with van der Waals surface area (Å²) in [5.74, 6) is 1.32. The van der Waals surface area contributed by atoms with Gasteiger partial charge in [0.05, 0.1) is 6.54 Å². The summed E-state index contributed by atoms with van der Waals surface area (Å²) in [7, 11) is 0. The van der Waals surface area contributed by atoms with E-state index in [1.807, 2.05) is 0 Å². The van der Waals surface area contributed by atoms with Gasteiger partial charge in [0.1, 0.15) is 0 Å². The van der Waals surface area contributed by atoms with Gasteiger partial charge in [-0.1, -0.05) is 40.0 Å². The molecule has 0 spiro atoms. The molecule has 1 amide bonds. The van der Waals surface area contributed by atoms with Crippen LogP contribution < -0.4 is 10.6 Å². The van der Waals surface area contributed by atoms with Gasteiger partial charge in [0.15, 0.2) is 0 Å². The topological polar surface area (TPSA) is 41.1 Å². The molecular weight excluding hydrogens is 224 g/mol. The first-order chi connectivity index (χ1) is 8.50. The van der Waals surface area contributed by atoms with Crippen molar-refractivity contribution < 1.29 is 4.79 Å². The molecule has 0 heterocycles. The molecule has 1 aliphatic carbocycles. The van der Waals surface area contributed by atoms with Gasteiger partial charge in [-0.05, 0) is 31.6 Å². The molecule has 3 unspecified atom stereocenters. The van der Waals surface area contributed by atoms with Crippen LogP contribution in [0.15, 0.2) is 0 Å². The van der Waals surface area contributed by atoms with E-state index < -0.39 is 0 Å². The highest BCUT2D eigenvalue weighted by atomic mass is 16.1. The van der Waals surface area contributed by atoms with Crippen molar-refractivity contribution in [3.05, 3.63) is 0 Å². The Morgan fingerprint density at radius 3 is 2.50 bits per heavy atom. The Labute approximate surface area is 112 Å². The van der Waals surface area contributed by atoms with Crippen molar-refractivity contribution in [2.24, 2.45) is 11.8 Å². The van der Waals surface area contributed by atoms with E-state index in [0.717, 1.165) is 0 Å². The van der Waals surface area contributed by atoms with E-state index >= 15 is 0 Å². The lowest BCUT2D eigenvalue weighted by molar-refractivity contribution is -0.121. The fourth-order valence-corrected chi connectivity index (χ4v) is 2.49. The molecule has 0 radical (unpaired) electrons. The van der Waals surface area contributed by atoms with Crippen LogP contribution in [0, 0.1) is 11.8 Å². The zero-order valence-corrected chi connectivity index (χ0v) is 12.5. The zero-order chi connectivity index (χ0) is 13.5. The lowest BCUT2D eigenvalue weighted by atomic mass is 9.97. The van der Waals surface area contributed by atoms with Crippen molar-refractivity contribution in [2.45, 2.75) is 71.9 Å². The molecule has 0 aromatic heterocycles. The second kappa shape index (κ2) is 7.78. The van der Waals surface area contributed by atoms with Gasteiger partial charge in [-0.15, -0.1) is 0 Å². The maximum Gasteiger partial charge on any atom is 0.234 e. The Kier molecular flexibility index (Phi) is 6.69. The van der Waals surface area contributed by atoms with Crippen molar-refractivity contribution in [2.75, 3.05) is 6.54 Å². The Morgan fingerprint density at radius 1 is 1.17 bits per heavy atom. The molecule has 3 heteroatoms. The molecule has 1 fully saturated rings. The fraction of sp³-hybridized carbons (Fsp3) is 0.933. The van der Waals surface area contributed by atoms with Gasteiger partial charge in [-0.25, -0.2) is 0 Å². The molecule has 1 saturated carbocycles. The second-order valence-electron chi connectivity index (χ2n) is 6.20. The summed E-state index contributed by atoms with van der Waals surface area (Å²) in [6.45, 7) is 9.10. The first-order valence-corrected chi connectivity index (χ1v) is 7.53. The van der Waals surface area contributed by atoms with Crippen molar-refractivity contribution in [3.8, 4) is 0 Å². The van der Waals surface area contributed by atoms with Crippen LogP contribution in [-0.4, -0.2) is 24.5 Å². The summed E-state index contributed by atoms with van der Waals surface area (Å²) in [6, 6.07) is 0.776. The highest BCUT2D eigenvalue weighted by Crippen LogP contribution is 2.22. The smallest absolute Gasteiger partial charge is 0.234 e. The molecule has 18 heavy (non-hydrogen) atoms.